The largest absolute Gasteiger partial charge is 0.336 e. The second-order valence-corrected chi connectivity index (χ2v) is 5.31. The molecule has 21 heavy (non-hydrogen) atoms. The van der Waals surface area contributed by atoms with E-state index in [0.717, 1.165) is 5.56 Å². The van der Waals surface area contributed by atoms with E-state index >= 15 is 0 Å². The molecule has 0 saturated heterocycles. The number of H-pyrrole nitrogens is 2. The molecular formula is C15H16N4O2. The van der Waals surface area contributed by atoms with Gasteiger partial charge in [0.15, 0.2) is 5.65 Å². The van der Waals surface area contributed by atoms with Crippen LogP contribution in [-0.4, -0.2) is 19.5 Å². The molecule has 3 aromatic rings. The Kier molecular flexibility index (Phi) is 3.01. The zero-order valence-corrected chi connectivity index (χ0v) is 12.2. The first-order valence-electron chi connectivity index (χ1n) is 6.70. The summed E-state index contributed by atoms with van der Waals surface area (Å²) in [6.45, 7) is 4.08. The number of nitrogens with one attached hydrogen (secondary N) is 2. The third kappa shape index (κ3) is 2.29. The second kappa shape index (κ2) is 4.73. The highest BCUT2D eigenvalue weighted by molar-refractivity contribution is 5.69. The maximum absolute atomic E-state index is 11.8. The maximum atomic E-state index is 11.8. The van der Waals surface area contributed by atoms with Gasteiger partial charge in [-0.05, 0) is 25.0 Å². The normalized spacial score (nSPS) is 11.2. The number of benzene rings is 1. The van der Waals surface area contributed by atoms with Crippen LogP contribution in [0.5, 0.6) is 0 Å². The van der Waals surface area contributed by atoms with Gasteiger partial charge in [0.2, 0.25) is 0 Å². The van der Waals surface area contributed by atoms with Gasteiger partial charge >= 0.3 is 5.69 Å². The molecule has 1 aromatic carbocycles. The fraction of sp³-hybridized carbons (Fsp3) is 0.267. The molecule has 3 rings (SSSR count). The van der Waals surface area contributed by atoms with E-state index in [1.165, 1.54) is 15.7 Å². The lowest BCUT2D eigenvalue weighted by Crippen LogP contribution is -2.28. The van der Waals surface area contributed by atoms with E-state index in [4.69, 9.17) is 0 Å². The second-order valence-electron chi connectivity index (χ2n) is 5.31. The molecule has 2 aromatic heterocycles. The van der Waals surface area contributed by atoms with Crippen molar-refractivity contribution >= 4 is 11.2 Å². The SMILES string of the molecule is Cc1ccc(C)c(Cc2nc3c([nH]2)c(=O)[nH]c(=O)n3C)c1. The Morgan fingerprint density at radius 2 is 1.95 bits per heavy atom. The molecule has 0 spiro atoms. The molecule has 0 aliphatic heterocycles. The number of aromatic amines is 2. The van der Waals surface area contributed by atoms with Gasteiger partial charge in [-0.1, -0.05) is 23.8 Å². The highest BCUT2D eigenvalue weighted by Crippen LogP contribution is 2.15. The van der Waals surface area contributed by atoms with Crippen LogP contribution in [0.3, 0.4) is 0 Å². The van der Waals surface area contributed by atoms with Gasteiger partial charge in [0.05, 0.1) is 0 Å². The highest BCUT2D eigenvalue weighted by Gasteiger charge is 2.11. The summed E-state index contributed by atoms with van der Waals surface area (Å²) in [6, 6.07) is 6.23. The van der Waals surface area contributed by atoms with Crippen LogP contribution >= 0.6 is 0 Å². The number of hydrogen-bond donors (Lipinski definition) is 2. The van der Waals surface area contributed by atoms with Crippen LogP contribution in [0.2, 0.25) is 0 Å². The van der Waals surface area contributed by atoms with Crippen LogP contribution in [-0.2, 0) is 13.5 Å². The van der Waals surface area contributed by atoms with Crippen LogP contribution < -0.4 is 11.2 Å². The van der Waals surface area contributed by atoms with Crippen LogP contribution in [0.1, 0.15) is 22.5 Å². The number of hydrogen-bond acceptors (Lipinski definition) is 3. The van der Waals surface area contributed by atoms with Crippen molar-refractivity contribution in [2.45, 2.75) is 20.3 Å². The first-order chi connectivity index (χ1) is 9.95. The fourth-order valence-electron chi connectivity index (χ4n) is 2.41. The van der Waals surface area contributed by atoms with E-state index in [2.05, 4.69) is 33.2 Å². The zero-order chi connectivity index (χ0) is 15.1. The Morgan fingerprint density at radius 3 is 2.71 bits per heavy atom. The van der Waals surface area contributed by atoms with Gasteiger partial charge in [-0.25, -0.2) is 9.78 Å². The Bertz CT molecular complexity index is 946. The lowest BCUT2D eigenvalue weighted by atomic mass is 10.0. The van der Waals surface area contributed by atoms with Gasteiger partial charge in [-0.15, -0.1) is 0 Å². The molecule has 0 radical (unpaired) electrons. The smallest absolute Gasteiger partial charge is 0.329 e. The third-order valence-corrected chi connectivity index (χ3v) is 3.67. The Labute approximate surface area is 120 Å². The molecule has 0 fully saturated rings. The minimum absolute atomic E-state index is 0.331. The average molecular weight is 284 g/mol. The summed E-state index contributed by atoms with van der Waals surface area (Å²) < 4.78 is 1.33. The van der Waals surface area contributed by atoms with Crippen molar-refractivity contribution in [3.8, 4) is 0 Å². The zero-order valence-electron chi connectivity index (χ0n) is 12.2. The average Bonchev–Trinajstić information content (AvgIpc) is 2.85. The van der Waals surface area contributed by atoms with Crippen LogP contribution in [0.4, 0.5) is 0 Å². The molecule has 0 aliphatic carbocycles. The summed E-state index contributed by atoms with van der Waals surface area (Å²) in [7, 11) is 1.59. The molecule has 6 heteroatoms. The summed E-state index contributed by atoms with van der Waals surface area (Å²) in [5.74, 6) is 0.672. The first kappa shape index (κ1) is 13.4. The summed E-state index contributed by atoms with van der Waals surface area (Å²) in [5, 5.41) is 0. The summed E-state index contributed by atoms with van der Waals surface area (Å²) >= 11 is 0. The number of aromatic nitrogens is 4. The highest BCUT2D eigenvalue weighted by atomic mass is 16.2. The van der Waals surface area contributed by atoms with Crippen LogP contribution in [0, 0.1) is 13.8 Å². The summed E-state index contributed by atoms with van der Waals surface area (Å²) in [4.78, 5) is 33.0. The van der Waals surface area contributed by atoms with Crippen molar-refractivity contribution in [1.82, 2.24) is 19.5 Å². The molecule has 2 heterocycles. The predicted octanol–water partition coefficient (Wildman–Crippen LogP) is 1.16. The van der Waals surface area contributed by atoms with Crippen molar-refractivity contribution in [3.05, 3.63) is 61.6 Å². The van der Waals surface area contributed by atoms with E-state index in [1.807, 2.05) is 13.8 Å². The number of fused-ring (bicyclic) bond motifs is 1. The topological polar surface area (TPSA) is 83.5 Å². The van der Waals surface area contributed by atoms with Crippen LogP contribution in [0.15, 0.2) is 27.8 Å². The van der Waals surface area contributed by atoms with E-state index < -0.39 is 11.2 Å². The lowest BCUT2D eigenvalue weighted by molar-refractivity contribution is 0.830. The minimum Gasteiger partial charge on any atom is -0.336 e. The molecule has 0 unspecified atom stereocenters. The maximum Gasteiger partial charge on any atom is 0.329 e. The quantitative estimate of drug-likeness (QED) is 0.740. The first-order valence-corrected chi connectivity index (χ1v) is 6.70. The standard InChI is InChI=1S/C15H16N4O2/c1-8-4-5-9(2)10(6-8)7-11-16-12-13(17-11)19(3)15(21)18-14(12)20/h4-6H,7H2,1-3H3,(H,16,17)(H,18,20,21). The molecule has 2 N–H and O–H groups in total. The molecule has 0 amide bonds. The van der Waals surface area contributed by atoms with Crippen molar-refractivity contribution in [2.75, 3.05) is 0 Å². The molecule has 6 nitrogen and oxygen atoms in total. The lowest BCUT2D eigenvalue weighted by Gasteiger charge is -2.04. The number of aryl methyl sites for hydroxylation is 3. The van der Waals surface area contributed by atoms with Crippen molar-refractivity contribution in [2.24, 2.45) is 7.05 Å². The molecule has 108 valence electrons. The predicted molar refractivity (Wildman–Crippen MR) is 80.7 cm³/mol. The van der Waals surface area contributed by atoms with Crippen LogP contribution in [0.25, 0.3) is 11.2 Å². The van der Waals surface area contributed by atoms with Gasteiger partial charge in [0.1, 0.15) is 11.3 Å². The molecular weight excluding hydrogens is 268 g/mol. The summed E-state index contributed by atoms with van der Waals surface area (Å²) in [5.41, 5.74) is 3.31. The minimum atomic E-state index is -0.461. The Morgan fingerprint density at radius 1 is 1.19 bits per heavy atom. The van der Waals surface area contributed by atoms with E-state index in [1.54, 1.807) is 7.05 Å². The summed E-state index contributed by atoms with van der Waals surface area (Å²) in [6.07, 6.45) is 0.593. The van der Waals surface area contributed by atoms with E-state index in [9.17, 15) is 9.59 Å². The van der Waals surface area contributed by atoms with Gasteiger partial charge in [0.25, 0.3) is 5.56 Å². The monoisotopic (exact) mass is 284 g/mol. The van der Waals surface area contributed by atoms with Crippen molar-refractivity contribution in [3.63, 3.8) is 0 Å². The molecule has 0 bridgehead atoms. The third-order valence-electron chi connectivity index (χ3n) is 3.67. The van der Waals surface area contributed by atoms with Gasteiger partial charge in [0, 0.05) is 13.5 Å². The van der Waals surface area contributed by atoms with Gasteiger partial charge < -0.3 is 4.98 Å². The number of nitrogens with zero attached hydrogens (tertiary/aromatic N) is 2. The molecule has 0 saturated carbocycles. The van der Waals surface area contributed by atoms with Crippen molar-refractivity contribution in [1.29, 1.82) is 0 Å². The van der Waals surface area contributed by atoms with Gasteiger partial charge in [-0.3, -0.25) is 14.3 Å². The van der Waals surface area contributed by atoms with E-state index in [-0.39, 0.29) is 0 Å². The number of imidazole rings is 1. The van der Waals surface area contributed by atoms with Gasteiger partial charge in [-0.2, -0.15) is 0 Å². The number of rotatable bonds is 2. The van der Waals surface area contributed by atoms with E-state index in [0.29, 0.717) is 23.4 Å². The Hall–Kier alpha value is -2.63. The Balaban J connectivity index is 2.12. The molecule has 0 atom stereocenters. The molecule has 0 aliphatic rings. The fourth-order valence-corrected chi connectivity index (χ4v) is 2.41. The van der Waals surface area contributed by atoms with Crippen molar-refractivity contribution < 1.29 is 0 Å².